The van der Waals surface area contributed by atoms with Crippen LogP contribution in [0.1, 0.15) is 23.6 Å². The summed E-state index contributed by atoms with van der Waals surface area (Å²) in [5, 5.41) is 2.65. The molecule has 3 aromatic rings. The summed E-state index contributed by atoms with van der Waals surface area (Å²) in [5.74, 6) is 0. The number of rotatable bonds is 1. The molecule has 102 valence electrons. The first-order chi connectivity index (χ1) is 10.2. The van der Waals surface area contributed by atoms with E-state index in [2.05, 4.69) is 74.5 Å². The Kier molecular flexibility index (Phi) is 2.71. The molecule has 0 aromatic heterocycles. The molecule has 0 fully saturated rings. The van der Waals surface area contributed by atoms with Gasteiger partial charge in [0.25, 0.3) is 0 Å². The molecule has 0 bridgehead atoms. The number of fused-ring (bicyclic) bond motifs is 2. The molecule has 0 N–H and O–H groups in total. The lowest BCUT2D eigenvalue weighted by atomic mass is 9.91. The van der Waals surface area contributed by atoms with Crippen molar-refractivity contribution in [2.45, 2.75) is 20.3 Å². The lowest BCUT2D eigenvalue weighted by Gasteiger charge is -2.12. The van der Waals surface area contributed by atoms with Crippen molar-refractivity contribution in [3.8, 4) is 11.1 Å². The van der Waals surface area contributed by atoms with E-state index in [1.807, 2.05) is 0 Å². The highest BCUT2D eigenvalue weighted by Crippen LogP contribution is 2.37. The third-order valence-electron chi connectivity index (χ3n) is 4.35. The average Bonchev–Trinajstić information content (AvgIpc) is 2.86. The summed E-state index contributed by atoms with van der Waals surface area (Å²) in [6, 6.07) is 19.9. The Hall–Kier alpha value is -2.34. The van der Waals surface area contributed by atoms with Gasteiger partial charge in [0.1, 0.15) is 0 Å². The van der Waals surface area contributed by atoms with Gasteiger partial charge in [-0.15, -0.1) is 0 Å². The fraction of sp³-hybridized carbons (Fsp3) is 0.143. The molecule has 3 aromatic carbocycles. The fourth-order valence-corrected chi connectivity index (χ4v) is 3.47. The molecule has 0 radical (unpaired) electrons. The largest absolute Gasteiger partial charge is 0.0683 e. The zero-order chi connectivity index (χ0) is 14.4. The van der Waals surface area contributed by atoms with Crippen LogP contribution in [0.4, 0.5) is 0 Å². The zero-order valence-corrected chi connectivity index (χ0v) is 12.5. The summed E-state index contributed by atoms with van der Waals surface area (Å²) in [4.78, 5) is 0. The van der Waals surface area contributed by atoms with Gasteiger partial charge in [-0.2, -0.15) is 0 Å². The third kappa shape index (κ3) is 1.99. The molecule has 0 atom stereocenters. The maximum atomic E-state index is 2.35. The van der Waals surface area contributed by atoms with Crippen LogP contribution in [0, 0.1) is 6.92 Å². The summed E-state index contributed by atoms with van der Waals surface area (Å²) in [6.45, 7) is 4.42. The molecule has 0 aliphatic heterocycles. The van der Waals surface area contributed by atoms with E-state index < -0.39 is 0 Å². The van der Waals surface area contributed by atoms with Crippen LogP contribution in [0.3, 0.4) is 0 Å². The molecule has 0 spiro atoms. The van der Waals surface area contributed by atoms with Gasteiger partial charge in [0.15, 0.2) is 0 Å². The normalized spacial score (nSPS) is 13.3. The zero-order valence-electron chi connectivity index (χ0n) is 12.5. The van der Waals surface area contributed by atoms with Gasteiger partial charge in [0.05, 0.1) is 0 Å². The van der Waals surface area contributed by atoms with Gasteiger partial charge in [-0.1, -0.05) is 71.8 Å². The van der Waals surface area contributed by atoms with Crippen molar-refractivity contribution >= 4 is 16.8 Å². The highest BCUT2D eigenvalue weighted by atomic mass is 14.2. The maximum absolute atomic E-state index is 2.35. The Morgan fingerprint density at radius 1 is 0.810 bits per heavy atom. The van der Waals surface area contributed by atoms with E-state index in [9.17, 15) is 0 Å². The van der Waals surface area contributed by atoms with E-state index >= 15 is 0 Å². The number of hydrogen-bond acceptors (Lipinski definition) is 0. The van der Waals surface area contributed by atoms with E-state index in [1.54, 1.807) is 0 Å². The van der Waals surface area contributed by atoms with E-state index in [0.717, 1.165) is 6.42 Å². The van der Waals surface area contributed by atoms with Crippen molar-refractivity contribution in [2.24, 2.45) is 0 Å². The molecule has 0 heteroatoms. The van der Waals surface area contributed by atoms with Crippen LogP contribution in [0.15, 0.2) is 60.2 Å². The molecule has 0 saturated carbocycles. The summed E-state index contributed by atoms with van der Waals surface area (Å²) in [5.41, 5.74) is 8.40. The van der Waals surface area contributed by atoms with Crippen molar-refractivity contribution in [3.05, 3.63) is 76.9 Å². The lowest BCUT2D eigenvalue weighted by Crippen LogP contribution is -1.91. The molecular formula is C21H18. The van der Waals surface area contributed by atoms with E-state index in [0.29, 0.717) is 0 Å². The van der Waals surface area contributed by atoms with E-state index in [4.69, 9.17) is 0 Å². The second-order valence-corrected chi connectivity index (χ2v) is 6.08. The number of allylic oxidation sites excluding steroid dienone is 1. The van der Waals surface area contributed by atoms with Crippen LogP contribution >= 0.6 is 0 Å². The molecule has 0 saturated heterocycles. The number of hydrogen-bond donors (Lipinski definition) is 0. The Morgan fingerprint density at radius 2 is 1.62 bits per heavy atom. The monoisotopic (exact) mass is 270 g/mol. The van der Waals surface area contributed by atoms with Gasteiger partial charge in [0, 0.05) is 0 Å². The first-order valence-corrected chi connectivity index (χ1v) is 7.51. The third-order valence-corrected chi connectivity index (χ3v) is 4.35. The van der Waals surface area contributed by atoms with Crippen LogP contribution in [0.2, 0.25) is 0 Å². The minimum Gasteiger partial charge on any atom is -0.0683 e. The minimum absolute atomic E-state index is 1.09. The molecule has 1 aliphatic rings. The Bertz CT molecular complexity index is 876. The van der Waals surface area contributed by atoms with Crippen LogP contribution < -0.4 is 0 Å². The topological polar surface area (TPSA) is 0 Å². The van der Waals surface area contributed by atoms with Crippen LogP contribution in [0.25, 0.3) is 28.0 Å². The standard InChI is InChI=1S/C21H18/c1-14-10-17-11-15(2)13-21(20(17)12-14)19-9-5-7-16-6-3-4-8-18(16)19/h3-9,11-13H,10H2,1-2H3. The molecule has 0 amide bonds. The second kappa shape index (κ2) is 4.60. The molecule has 4 rings (SSSR count). The van der Waals surface area contributed by atoms with Gasteiger partial charge in [-0.3, -0.25) is 0 Å². The first-order valence-electron chi connectivity index (χ1n) is 7.51. The van der Waals surface area contributed by atoms with Crippen molar-refractivity contribution < 1.29 is 0 Å². The predicted molar refractivity (Wildman–Crippen MR) is 91.5 cm³/mol. The van der Waals surface area contributed by atoms with Crippen molar-refractivity contribution in [1.82, 2.24) is 0 Å². The molecule has 0 heterocycles. The van der Waals surface area contributed by atoms with Crippen molar-refractivity contribution in [3.63, 3.8) is 0 Å². The molecular weight excluding hydrogens is 252 g/mol. The highest BCUT2D eigenvalue weighted by molar-refractivity contribution is 5.99. The van der Waals surface area contributed by atoms with Crippen molar-refractivity contribution in [1.29, 1.82) is 0 Å². The first kappa shape index (κ1) is 12.4. The summed E-state index contributed by atoms with van der Waals surface area (Å²) in [6.07, 6.45) is 3.45. The molecule has 1 aliphatic carbocycles. The van der Waals surface area contributed by atoms with Gasteiger partial charge in [-0.25, -0.2) is 0 Å². The van der Waals surface area contributed by atoms with E-state index in [-0.39, 0.29) is 0 Å². The number of aryl methyl sites for hydroxylation is 1. The predicted octanol–water partition coefficient (Wildman–Crippen LogP) is 5.77. The SMILES string of the molecule is CC1=Cc2c(cc(C)cc2-c2cccc3ccccc23)C1. The van der Waals surface area contributed by atoms with Gasteiger partial charge in [-0.05, 0) is 53.3 Å². The highest BCUT2D eigenvalue weighted by Gasteiger charge is 2.16. The Morgan fingerprint density at radius 3 is 2.52 bits per heavy atom. The van der Waals surface area contributed by atoms with Gasteiger partial charge < -0.3 is 0 Å². The Balaban J connectivity index is 2.06. The average molecular weight is 270 g/mol. The molecule has 0 nitrogen and oxygen atoms in total. The van der Waals surface area contributed by atoms with Crippen molar-refractivity contribution in [2.75, 3.05) is 0 Å². The lowest BCUT2D eigenvalue weighted by molar-refractivity contribution is 1.19. The van der Waals surface area contributed by atoms with E-state index in [1.165, 1.54) is 44.2 Å². The summed E-state index contributed by atoms with van der Waals surface area (Å²) >= 11 is 0. The fourth-order valence-electron chi connectivity index (χ4n) is 3.47. The number of benzene rings is 3. The second-order valence-electron chi connectivity index (χ2n) is 6.08. The molecule has 0 unspecified atom stereocenters. The van der Waals surface area contributed by atoms with Gasteiger partial charge >= 0.3 is 0 Å². The quantitative estimate of drug-likeness (QED) is 0.526. The summed E-state index contributed by atoms with van der Waals surface area (Å²) < 4.78 is 0. The summed E-state index contributed by atoms with van der Waals surface area (Å²) in [7, 11) is 0. The van der Waals surface area contributed by atoms with Gasteiger partial charge in [0.2, 0.25) is 0 Å². The van der Waals surface area contributed by atoms with Crippen LogP contribution in [-0.4, -0.2) is 0 Å². The smallest absolute Gasteiger partial charge is 0.00603 e. The van der Waals surface area contributed by atoms with Crippen LogP contribution in [0.5, 0.6) is 0 Å². The Labute approximate surface area is 125 Å². The minimum atomic E-state index is 1.09. The molecule has 21 heavy (non-hydrogen) atoms. The van der Waals surface area contributed by atoms with Crippen LogP contribution in [-0.2, 0) is 6.42 Å². The maximum Gasteiger partial charge on any atom is -0.00603 e.